The standard InChI is InChI=1S/C14H12F2IN/c1-18-14(9-3-2-4-11(17)7-9)10-5-6-12(15)13(16)8-10/h2-8,14,18H,1H3. The van der Waals surface area contributed by atoms with E-state index in [0.717, 1.165) is 15.2 Å². The summed E-state index contributed by atoms with van der Waals surface area (Å²) in [6, 6.07) is 11.8. The van der Waals surface area contributed by atoms with E-state index >= 15 is 0 Å². The fourth-order valence-electron chi connectivity index (χ4n) is 1.90. The van der Waals surface area contributed by atoms with Crippen LogP contribution in [-0.4, -0.2) is 7.05 Å². The Morgan fingerprint density at radius 2 is 1.72 bits per heavy atom. The van der Waals surface area contributed by atoms with Gasteiger partial charge in [0, 0.05) is 3.57 Å². The maximum Gasteiger partial charge on any atom is 0.159 e. The lowest BCUT2D eigenvalue weighted by Gasteiger charge is -2.17. The Morgan fingerprint density at radius 3 is 2.33 bits per heavy atom. The van der Waals surface area contributed by atoms with E-state index in [1.165, 1.54) is 6.07 Å². The van der Waals surface area contributed by atoms with Crippen molar-refractivity contribution in [1.29, 1.82) is 0 Å². The van der Waals surface area contributed by atoms with Crippen molar-refractivity contribution in [3.8, 4) is 0 Å². The molecule has 0 heterocycles. The van der Waals surface area contributed by atoms with Crippen LogP contribution in [-0.2, 0) is 0 Å². The van der Waals surface area contributed by atoms with Gasteiger partial charge in [0.25, 0.3) is 0 Å². The fraction of sp³-hybridized carbons (Fsp3) is 0.143. The molecule has 1 nitrogen and oxygen atoms in total. The normalized spacial score (nSPS) is 12.4. The highest BCUT2D eigenvalue weighted by atomic mass is 127. The minimum Gasteiger partial charge on any atom is -0.309 e. The summed E-state index contributed by atoms with van der Waals surface area (Å²) < 4.78 is 27.3. The molecule has 0 bridgehead atoms. The van der Waals surface area contributed by atoms with E-state index in [-0.39, 0.29) is 6.04 Å². The van der Waals surface area contributed by atoms with E-state index in [2.05, 4.69) is 27.9 Å². The van der Waals surface area contributed by atoms with Crippen molar-refractivity contribution in [2.24, 2.45) is 0 Å². The van der Waals surface area contributed by atoms with E-state index in [1.807, 2.05) is 24.3 Å². The molecule has 0 aliphatic carbocycles. The molecule has 18 heavy (non-hydrogen) atoms. The van der Waals surface area contributed by atoms with Gasteiger partial charge in [0.05, 0.1) is 6.04 Å². The first-order valence-corrected chi connectivity index (χ1v) is 6.57. The highest BCUT2D eigenvalue weighted by molar-refractivity contribution is 14.1. The Hall–Kier alpha value is -1.01. The second kappa shape index (κ2) is 5.75. The third kappa shape index (κ3) is 2.87. The van der Waals surface area contributed by atoms with Crippen LogP contribution in [0.3, 0.4) is 0 Å². The highest BCUT2D eigenvalue weighted by Gasteiger charge is 2.14. The van der Waals surface area contributed by atoms with Crippen LogP contribution >= 0.6 is 22.6 Å². The number of halogens is 3. The van der Waals surface area contributed by atoms with Crippen molar-refractivity contribution >= 4 is 22.6 Å². The third-order valence-corrected chi connectivity index (χ3v) is 3.42. The lowest BCUT2D eigenvalue weighted by atomic mass is 9.99. The second-order valence-corrected chi connectivity index (χ2v) is 5.20. The summed E-state index contributed by atoms with van der Waals surface area (Å²) in [6.07, 6.45) is 0. The molecule has 1 atom stereocenters. The van der Waals surface area contributed by atoms with Crippen LogP contribution in [0.15, 0.2) is 42.5 Å². The average Bonchev–Trinajstić information content (AvgIpc) is 2.35. The van der Waals surface area contributed by atoms with Gasteiger partial charge in [-0.1, -0.05) is 18.2 Å². The van der Waals surface area contributed by atoms with Gasteiger partial charge in [0.1, 0.15) is 0 Å². The first-order chi connectivity index (χ1) is 8.61. The van der Waals surface area contributed by atoms with Crippen molar-refractivity contribution < 1.29 is 8.78 Å². The SMILES string of the molecule is CNC(c1cccc(I)c1)c1ccc(F)c(F)c1. The number of hydrogen-bond acceptors (Lipinski definition) is 1. The van der Waals surface area contributed by atoms with E-state index in [9.17, 15) is 8.78 Å². The van der Waals surface area contributed by atoms with Gasteiger partial charge < -0.3 is 5.32 Å². The van der Waals surface area contributed by atoms with E-state index < -0.39 is 11.6 Å². The second-order valence-electron chi connectivity index (χ2n) is 3.95. The molecule has 0 amide bonds. The van der Waals surface area contributed by atoms with Gasteiger partial charge in [-0.3, -0.25) is 0 Å². The molecule has 0 aliphatic heterocycles. The molecule has 0 spiro atoms. The van der Waals surface area contributed by atoms with Crippen LogP contribution in [0.1, 0.15) is 17.2 Å². The summed E-state index contributed by atoms with van der Waals surface area (Å²) >= 11 is 2.22. The molecule has 0 radical (unpaired) electrons. The molecule has 0 aromatic heterocycles. The summed E-state index contributed by atoms with van der Waals surface area (Å²) in [5, 5.41) is 3.12. The van der Waals surface area contributed by atoms with Crippen molar-refractivity contribution in [1.82, 2.24) is 5.32 Å². The molecule has 2 rings (SSSR count). The minimum atomic E-state index is -0.823. The molecule has 4 heteroatoms. The molecule has 94 valence electrons. The van der Waals surface area contributed by atoms with Crippen molar-refractivity contribution in [3.63, 3.8) is 0 Å². The molecule has 2 aromatic carbocycles. The molecule has 1 N–H and O–H groups in total. The quantitative estimate of drug-likeness (QED) is 0.821. The van der Waals surface area contributed by atoms with Gasteiger partial charge in [-0.15, -0.1) is 0 Å². The smallest absolute Gasteiger partial charge is 0.159 e. The number of benzene rings is 2. The molecule has 1 unspecified atom stereocenters. The Kier molecular flexibility index (Phi) is 4.29. The van der Waals surface area contributed by atoms with Gasteiger partial charge in [-0.05, 0) is 65.0 Å². The molecule has 0 fully saturated rings. The van der Waals surface area contributed by atoms with E-state index in [0.29, 0.717) is 5.56 Å². The van der Waals surface area contributed by atoms with Crippen LogP contribution in [0.25, 0.3) is 0 Å². The summed E-state index contributed by atoms with van der Waals surface area (Å²) in [6.45, 7) is 0. The molecular formula is C14H12F2IN. The predicted molar refractivity (Wildman–Crippen MR) is 76.4 cm³/mol. The third-order valence-electron chi connectivity index (χ3n) is 2.75. The lowest BCUT2D eigenvalue weighted by molar-refractivity contribution is 0.505. The molecular weight excluding hydrogens is 347 g/mol. The Balaban J connectivity index is 2.42. The first-order valence-electron chi connectivity index (χ1n) is 5.49. The molecule has 2 aromatic rings. The van der Waals surface area contributed by atoms with E-state index in [1.54, 1.807) is 13.1 Å². The monoisotopic (exact) mass is 359 g/mol. The maximum absolute atomic E-state index is 13.3. The number of hydrogen-bond donors (Lipinski definition) is 1. The summed E-state index contributed by atoms with van der Waals surface area (Å²) in [4.78, 5) is 0. The molecule has 0 aliphatic rings. The van der Waals surface area contributed by atoms with Crippen LogP contribution < -0.4 is 5.32 Å². The highest BCUT2D eigenvalue weighted by Crippen LogP contribution is 2.24. The zero-order valence-corrected chi connectivity index (χ0v) is 11.9. The maximum atomic E-state index is 13.3. The Bertz CT molecular complexity index is 557. The molecule has 0 saturated heterocycles. The van der Waals surface area contributed by atoms with Gasteiger partial charge in [0.15, 0.2) is 11.6 Å². The number of rotatable bonds is 3. The van der Waals surface area contributed by atoms with E-state index in [4.69, 9.17) is 0 Å². The Labute approximate surface area is 118 Å². The zero-order chi connectivity index (χ0) is 13.1. The van der Waals surface area contributed by atoms with Gasteiger partial charge >= 0.3 is 0 Å². The summed E-state index contributed by atoms with van der Waals surface area (Å²) in [7, 11) is 1.80. The largest absolute Gasteiger partial charge is 0.309 e. The topological polar surface area (TPSA) is 12.0 Å². The van der Waals surface area contributed by atoms with Crippen LogP contribution in [0.5, 0.6) is 0 Å². The minimum absolute atomic E-state index is 0.144. The van der Waals surface area contributed by atoms with Crippen molar-refractivity contribution in [2.45, 2.75) is 6.04 Å². The summed E-state index contributed by atoms with van der Waals surface area (Å²) in [5.74, 6) is -1.64. The lowest BCUT2D eigenvalue weighted by Crippen LogP contribution is -2.18. The van der Waals surface area contributed by atoms with Crippen LogP contribution in [0.4, 0.5) is 8.78 Å². The van der Waals surface area contributed by atoms with Crippen LogP contribution in [0.2, 0.25) is 0 Å². The molecule has 0 saturated carbocycles. The van der Waals surface area contributed by atoms with Gasteiger partial charge in [0.2, 0.25) is 0 Å². The first kappa shape index (κ1) is 13.4. The van der Waals surface area contributed by atoms with Crippen molar-refractivity contribution in [3.05, 3.63) is 68.8 Å². The van der Waals surface area contributed by atoms with Crippen LogP contribution in [0, 0.1) is 15.2 Å². The Morgan fingerprint density at radius 1 is 1.00 bits per heavy atom. The average molecular weight is 359 g/mol. The predicted octanol–water partition coefficient (Wildman–Crippen LogP) is 3.88. The van der Waals surface area contributed by atoms with Gasteiger partial charge in [-0.2, -0.15) is 0 Å². The van der Waals surface area contributed by atoms with Gasteiger partial charge in [-0.25, -0.2) is 8.78 Å². The van der Waals surface area contributed by atoms with Crippen molar-refractivity contribution in [2.75, 3.05) is 7.05 Å². The zero-order valence-electron chi connectivity index (χ0n) is 9.75. The number of nitrogens with one attached hydrogen (secondary N) is 1. The fourth-order valence-corrected chi connectivity index (χ4v) is 2.47. The summed E-state index contributed by atoms with van der Waals surface area (Å²) in [5.41, 5.74) is 1.73.